The fourth-order valence-electron chi connectivity index (χ4n) is 5.80. The third kappa shape index (κ3) is 6.03. The molecule has 2 aromatic heterocycles. The van der Waals surface area contributed by atoms with Crippen LogP contribution in [0.15, 0.2) is 74.3 Å². The molecular weight excluding hydrogens is 707 g/mol. The van der Waals surface area contributed by atoms with E-state index in [1.54, 1.807) is 60.4 Å². The molecule has 11 nitrogen and oxygen atoms in total. The topological polar surface area (TPSA) is 124 Å². The Morgan fingerprint density at radius 2 is 1.90 bits per heavy atom. The van der Waals surface area contributed by atoms with E-state index >= 15 is 4.39 Å². The minimum absolute atomic E-state index is 0.0286. The van der Waals surface area contributed by atoms with E-state index in [4.69, 9.17) is 20.8 Å². The van der Waals surface area contributed by atoms with Gasteiger partial charge < -0.3 is 19.4 Å². The summed E-state index contributed by atoms with van der Waals surface area (Å²) in [5, 5.41) is 11.0. The number of nitrogens with zero attached hydrogens (tertiary/aromatic N) is 5. The van der Waals surface area contributed by atoms with Crippen molar-refractivity contribution < 1.29 is 23.1 Å². The first-order valence-electron chi connectivity index (χ1n) is 15.3. The lowest BCUT2D eigenvalue weighted by atomic mass is 10.1. The lowest BCUT2D eigenvalue weighted by molar-refractivity contribution is 0.0610. The van der Waals surface area contributed by atoms with E-state index < -0.39 is 17.4 Å². The predicted octanol–water partition coefficient (Wildman–Crippen LogP) is 6.07. The van der Waals surface area contributed by atoms with E-state index in [0.717, 1.165) is 12.8 Å². The number of imidazole rings is 1. The van der Waals surface area contributed by atoms with Gasteiger partial charge in [0.1, 0.15) is 17.3 Å². The highest BCUT2D eigenvalue weighted by Crippen LogP contribution is 2.30. The monoisotopic (exact) mass is 734 g/mol. The molecule has 2 aliphatic rings. The van der Waals surface area contributed by atoms with Gasteiger partial charge in [0.25, 0.3) is 11.8 Å². The number of amides is 2. The Hall–Kier alpha value is -4.75. The van der Waals surface area contributed by atoms with Crippen LogP contribution in [-0.4, -0.2) is 48.2 Å². The van der Waals surface area contributed by atoms with Crippen molar-refractivity contribution in [2.45, 2.75) is 58.5 Å². The number of aryl methyl sites for hydroxylation is 1. The lowest BCUT2D eigenvalue weighted by Crippen LogP contribution is -2.47. The van der Waals surface area contributed by atoms with Crippen LogP contribution in [0.25, 0.3) is 17.1 Å². The summed E-state index contributed by atoms with van der Waals surface area (Å²) in [5.74, 6) is -0.443. The zero-order valence-corrected chi connectivity index (χ0v) is 28.2. The van der Waals surface area contributed by atoms with E-state index in [-0.39, 0.29) is 54.8 Å². The summed E-state index contributed by atoms with van der Waals surface area (Å²) in [6.07, 6.45) is 2.17. The molecule has 1 aliphatic heterocycles. The van der Waals surface area contributed by atoms with Crippen LogP contribution >= 0.6 is 27.5 Å². The molecule has 1 fully saturated rings. The summed E-state index contributed by atoms with van der Waals surface area (Å²) in [6, 6.07) is 15.9. The minimum atomic E-state index is -0.635. The second-order valence-electron chi connectivity index (χ2n) is 11.8. The Bertz CT molecular complexity index is 2120. The lowest BCUT2D eigenvalue weighted by Gasteiger charge is -2.34. The zero-order valence-electron chi connectivity index (χ0n) is 25.9. The number of benzene rings is 3. The second-order valence-corrected chi connectivity index (χ2v) is 13.1. The SMILES string of the molecule is Cc1nnc(-c2cccc(F)c2CNC(=O)c2c3n(c(=O)n2-c2ccc(OC4CC4)cc2)C[C@H](C)N(C(=O)c2ccc(Br)c(Cl)c2)C3)o1. The molecule has 1 N–H and O–H groups in total. The Labute approximate surface area is 287 Å². The van der Waals surface area contributed by atoms with Crippen molar-refractivity contribution in [1.82, 2.24) is 29.5 Å². The van der Waals surface area contributed by atoms with Gasteiger partial charge in [0, 0.05) is 47.2 Å². The number of hydrogen-bond donors (Lipinski definition) is 1. The molecule has 1 aliphatic carbocycles. The molecule has 7 rings (SSSR count). The maximum Gasteiger partial charge on any atom is 0.333 e. The molecule has 14 heteroatoms. The summed E-state index contributed by atoms with van der Waals surface area (Å²) in [7, 11) is 0. The summed E-state index contributed by atoms with van der Waals surface area (Å²) >= 11 is 9.65. The molecule has 5 aromatic rings. The molecule has 3 aromatic carbocycles. The second kappa shape index (κ2) is 12.7. The fraction of sp³-hybridized carbons (Fsp3) is 0.265. The Kier molecular flexibility index (Phi) is 8.42. The molecule has 0 saturated heterocycles. The maximum absolute atomic E-state index is 15.2. The standard InChI is InChI=1S/C34H29BrClFN6O5/c1-18-16-42-29(17-41(18)33(45)20-6-13-26(35)27(36)14-20)30(43(34(42)46)21-7-9-22(10-8-21)48-23-11-12-23)31(44)38-15-25-24(4-3-5-28(25)37)32-40-39-19(2)47-32/h3-10,13-14,18,23H,11-12,15-17H2,1-2H3,(H,38,44)/t18-/m0/s1. The zero-order chi connectivity index (χ0) is 33.7. The van der Waals surface area contributed by atoms with Crippen LogP contribution in [0.4, 0.5) is 4.39 Å². The van der Waals surface area contributed by atoms with Gasteiger partial charge >= 0.3 is 5.69 Å². The van der Waals surface area contributed by atoms with Crippen LogP contribution in [0.2, 0.25) is 5.02 Å². The smallest absolute Gasteiger partial charge is 0.333 e. The van der Waals surface area contributed by atoms with Crippen LogP contribution in [0.1, 0.15) is 57.8 Å². The molecule has 1 atom stereocenters. The van der Waals surface area contributed by atoms with Crippen molar-refractivity contribution in [2.24, 2.45) is 0 Å². The van der Waals surface area contributed by atoms with E-state index in [1.165, 1.54) is 21.3 Å². The number of fused-ring (bicyclic) bond motifs is 1. The van der Waals surface area contributed by atoms with Crippen LogP contribution in [-0.2, 0) is 19.6 Å². The molecule has 0 bridgehead atoms. The number of halogens is 3. The first-order chi connectivity index (χ1) is 23.1. The normalized spacial score (nSPS) is 15.7. The van der Waals surface area contributed by atoms with Crippen molar-refractivity contribution in [1.29, 1.82) is 0 Å². The molecule has 2 amide bonds. The van der Waals surface area contributed by atoms with Crippen molar-refractivity contribution in [2.75, 3.05) is 0 Å². The fourth-order valence-corrected chi connectivity index (χ4v) is 6.23. The van der Waals surface area contributed by atoms with Gasteiger partial charge in [-0.1, -0.05) is 17.7 Å². The van der Waals surface area contributed by atoms with Crippen molar-refractivity contribution in [3.8, 4) is 22.9 Å². The van der Waals surface area contributed by atoms with Crippen LogP contribution < -0.4 is 15.7 Å². The van der Waals surface area contributed by atoms with E-state index in [9.17, 15) is 14.4 Å². The number of hydrogen-bond acceptors (Lipinski definition) is 7. The van der Waals surface area contributed by atoms with Crippen molar-refractivity contribution >= 4 is 39.3 Å². The first kappa shape index (κ1) is 31.8. The molecule has 48 heavy (non-hydrogen) atoms. The summed E-state index contributed by atoms with van der Waals surface area (Å²) in [6.45, 7) is 3.33. The first-order valence-corrected chi connectivity index (χ1v) is 16.5. The maximum atomic E-state index is 15.2. The number of aromatic nitrogens is 4. The predicted molar refractivity (Wildman–Crippen MR) is 178 cm³/mol. The van der Waals surface area contributed by atoms with Crippen LogP contribution in [0.3, 0.4) is 0 Å². The molecule has 0 unspecified atom stereocenters. The Morgan fingerprint density at radius 3 is 2.58 bits per heavy atom. The van der Waals surface area contributed by atoms with Crippen molar-refractivity contribution in [3.05, 3.63) is 115 Å². The van der Waals surface area contributed by atoms with Gasteiger partial charge in [-0.3, -0.25) is 18.7 Å². The average molecular weight is 736 g/mol. The molecule has 0 radical (unpaired) electrons. The van der Waals surface area contributed by atoms with E-state index in [2.05, 4.69) is 31.4 Å². The Morgan fingerprint density at radius 1 is 1.12 bits per heavy atom. The summed E-state index contributed by atoms with van der Waals surface area (Å²) in [5.41, 5.74) is 1.20. The number of rotatable bonds is 8. The number of carbonyl (C=O) groups is 2. The molecule has 0 spiro atoms. The number of carbonyl (C=O) groups excluding carboxylic acids is 2. The quantitative estimate of drug-likeness (QED) is 0.205. The van der Waals surface area contributed by atoms with Gasteiger partial charge in [-0.25, -0.2) is 9.18 Å². The number of nitrogens with one attached hydrogen (secondary N) is 1. The molecular formula is C34H29BrClFN6O5. The highest BCUT2D eigenvalue weighted by Gasteiger charge is 2.36. The van der Waals surface area contributed by atoms with Gasteiger partial charge in [0.2, 0.25) is 11.8 Å². The van der Waals surface area contributed by atoms with Gasteiger partial charge in [-0.2, -0.15) is 0 Å². The van der Waals surface area contributed by atoms with Gasteiger partial charge in [0.15, 0.2) is 0 Å². The third-order valence-corrected chi connectivity index (χ3v) is 9.64. The van der Waals surface area contributed by atoms with Gasteiger partial charge in [-0.05, 0) is 90.3 Å². The van der Waals surface area contributed by atoms with Crippen LogP contribution in [0, 0.1) is 12.7 Å². The Balaban J connectivity index is 1.27. The minimum Gasteiger partial charge on any atom is -0.490 e. The average Bonchev–Trinajstić information content (AvgIpc) is 3.71. The third-order valence-electron chi connectivity index (χ3n) is 8.41. The largest absolute Gasteiger partial charge is 0.490 e. The van der Waals surface area contributed by atoms with E-state index in [0.29, 0.717) is 43.6 Å². The van der Waals surface area contributed by atoms with Crippen molar-refractivity contribution in [3.63, 3.8) is 0 Å². The summed E-state index contributed by atoms with van der Waals surface area (Å²) < 4.78 is 30.1. The molecule has 246 valence electrons. The number of ether oxygens (including phenoxy) is 1. The van der Waals surface area contributed by atoms with Gasteiger partial charge in [-0.15, -0.1) is 10.2 Å². The highest BCUT2D eigenvalue weighted by atomic mass is 79.9. The highest BCUT2D eigenvalue weighted by molar-refractivity contribution is 9.10. The molecule has 3 heterocycles. The van der Waals surface area contributed by atoms with Gasteiger partial charge in [0.05, 0.1) is 29.1 Å². The molecule has 1 saturated carbocycles. The van der Waals surface area contributed by atoms with Crippen LogP contribution in [0.5, 0.6) is 5.75 Å². The van der Waals surface area contributed by atoms with E-state index in [1.807, 2.05) is 6.92 Å². The summed E-state index contributed by atoms with van der Waals surface area (Å²) in [4.78, 5) is 43.6.